The lowest BCUT2D eigenvalue weighted by atomic mass is 9.98. The summed E-state index contributed by atoms with van der Waals surface area (Å²) in [5, 5.41) is 10.6. The topological polar surface area (TPSA) is 54.4 Å². The predicted octanol–water partition coefficient (Wildman–Crippen LogP) is 2.83. The minimum absolute atomic E-state index is 0.201. The number of rotatable bonds is 4. The molecule has 0 heterocycles. The number of aliphatic hydroxyl groups excluding tert-OH is 1. The van der Waals surface area contributed by atoms with Crippen LogP contribution in [0.3, 0.4) is 0 Å². The van der Waals surface area contributed by atoms with Gasteiger partial charge in [0.15, 0.2) is 9.84 Å². The van der Waals surface area contributed by atoms with Crippen LogP contribution in [0.2, 0.25) is 5.02 Å². The second kappa shape index (κ2) is 5.49. The van der Waals surface area contributed by atoms with Crippen LogP contribution in [-0.4, -0.2) is 30.6 Å². The Morgan fingerprint density at radius 3 is 2.44 bits per heavy atom. The van der Waals surface area contributed by atoms with E-state index in [1.165, 1.54) is 13.8 Å². The summed E-state index contributed by atoms with van der Waals surface area (Å²) in [5.74, 6) is 0. The molecule has 0 aromatic heterocycles. The lowest BCUT2D eigenvalue weighted by Crippen LogP contribution is -2.44. The van der Waals surface area contributed by atoms with Crippen molar-refractivity contribution >= 4 is 37.4 Å². The van der Waals surface area contributed by atoms with Gasteiger partial charge in [-0.1, -0.05) is 33.6 Å². The highest BCUT2D eigenvalue weighted by atomic mass is 79.9. The van der Waals surface area contributed by atoms with Gasteiger partial charge in [-0.05, 0) is 31.5 Å². The van der Waals surface area contributed by atoms with Gasteiger partial charge in [0, 0.05) is 22.2 Å². The number of hydrogen-bond donors (Lipinski definition) is 1. The Hall–Kier alpha value is -0.100. The Bertz CT molecular complexity index is 540. The van der Waals surface area contributed by atoms with Crippen LogP contribution in [0.1, 0.15) is 19.4 Å². The quantitative estimate of drug-likeness (QED) is 0.903. The zero-order chi connectivity index (χ0) is 14.1. The summed E-state index contributed by atoms with van der Waals surface area (Å²) in [4.78, 5) is 0. The molecule has 3 nitrogen and oxygen atoms in total. The molecule has 0 fully saturated rings. The van der Waals surface area contributed by atoms with Crippen molar-refractivity contribution in [2.75, 3.05) is 6.26 Å². The van der Waals surface area contributed by atoms with Gasteiger partial charge in [-0.25, -0.2) is 8.42 Å². The maximum atomic E-state index is 11.6. The molecule has 18 heavy (non-hydrogen) atoms. The molecule has 0 aliphatic heterocycles. The van der Waals surface area contributed by atoms with Gasteiger partial charge in [-0.3, -0.25) is 0 Å². The Balaban J connectivity index is 2.98. The van der Waals surface area contributed by atoms with Crippen molar-refractivity contribution < 1.29 is 13.5 Å². The summed E-state index contributed by atoms with van der Waals surface area (Å²) in [6.45, 7) is 3.03. The van der Waals surface area contributed by atoms with Gasteiger partial charge in [0.2, 0.25) is 0 Å². The molecule has 0 saturated carbocycles. The molecule has 1 aromatic rings. The normalized spacial score (nSPS) is 14.6. The average Bonchev–Trinajstić information content (AvgIpc) is 2.20. The minimum atomic E-state index is -3.35. The molecule has 1 N–H and O–H groups in total. The number of aliphatic hydroxyl groups is 1. The summed E-state index contributed by atoms with van der Waals surface area (Å²) in [7, 11) is -3.35. The van der Waals surface area contributed by atoms with Crippen molar-refractivity contribution in [1.29, 1.82) is 0 Å². The minimum Gasteiger partial charge on any atom is -0.391 e. The third-order valence-corrected chi connectivity index (χ3v) is 6.22. The van der Waals surface area contributed by atoms with Crippen LogP contribution in [0, 0.1) is 0 Å². The smallest absolute Gasteiger partial charge is 0.155 e. The standard InChI is InChI=1S/C12H16BrClO3S/c1-12(2,18(3,16)17)11(15)6-8-4-5-9(13)7-10(8)14/h4-5,7,11,15H,6H2,1-3H3. The molecule has 102 valence electrons. The summed E-state index contributed by atoms with van der Waals surface area (Å²) < 4.78 is 22.9. The van der Waals surface area contributed by atoms with E-state index in [-0.39, 0.29) is 6.42 Å². The fraction of sp³-hybridized carbons (Fsp3) is 0.500. The number of halogens is 2. The zero-order valence-corrected chi connectivity index (χ0v) is 13.6. The average molecular weight is 356 g/mol. The van der Waals surface area contributed by atoms with Crippen molar-refractivity contribution in [3.05, 3.63) is 33.3 Å². The first kappa shape index (κ1) is 16.0. The van der Waals surface area contributed by atoms with Crippen molar-refractivity contribution in [1.82, 2.24) is 0 Å². The first-order valence-corrected chi connectivity index (χ1v) is 8.43. The lowest BCUT2D eigenvalue weighted by molar-refractivity contribution is 0.138. The summed E-state index contributed by atoms with van der Waals surface area (Å²) in [6, 6.07) is 5.30. The monoisotopic (exact) mass is 354 g/mol. The molecule has 1 atom stereocenters. The van der Waals surface area contributed by atoms with Gasteiger partial charge in [0.1, 0.15) is 0 Å². The van der Waals surface area contributed by atoms with Gasteiger partial charge in [-0.2, -0.15) is 0 Å². The van der Waals surface area contributed by atoms with Gasteiger partial charge in [0.25, 0.3) is 0 Å². The van der Waals surface area contributed by atoms with Crippen LogP contribution >= 0.6 is 27.5 Å². The van der Waals surface area contributed by atoms with Crippen LogP contribution in [-0.2, 0) is 16.3 Å². The van der Waals surface area contributed by atoms with E-state index in [1.54, 1.807) is 18.2 Å². The Kier molecular flexibility index (Phi) is 4.87. The molecule has 0 aliphatic rings. The van der Waals surface area contributed by atoms with Crippen LogP contribution in [0.25, 0.3) is 0 Å². The third kappa shape index (κ3) is 3.47. The molecule has 1 aromatic carbocycles. The van der Waals surface area contributed by atoms with E-state index < -0.39 is 20.7 Å². The fourth-order valence-corrected chi connectivity index (χ4v) is 2.72. The molecule has 6 heteroatoms. The summed E-state index contributed by atoms with van der Waals surface area (Å²) in [5.41, 5.74) is 0.726. The molecular formula is C12H16BrClO3S. The van der Waals surface area contributed by atoms with Crippen LogP contribution in [0.5, 0.6) is 0 Å². The Labute approximate surface area is 121 Å². The zero-order valence-electron chi connectivity index (χ0n) is 10.4. The second-order valence-corrected chi connectivity index (χ2v) is 8.75. The van der Waals surface area contributed by atoms with Gasteiger partial charge >= 0.3 is 0 Å². The first-order valence-electron chi connectivity index (χ1n) is 5.37. The van der Waals surface area contributed by atoms with E-state index in [0.29, 0.717) is 5.02 Å². The Morgan fingerprint density at radius 2 is 2.00 bits per heavy atom. The van der Waals surface area contributed by atoms with Gasteiger partial charge < -0.3 is 5.11 Å². The Morgan fingerprint density at radius 1 is 1.44 bits per heavy atom. The molecule has 0 radical (unpaired) electrons. The highest BCUT2D eigenvalue weighted by Crippen LogP contribution is 2.27. The van der Waals surface area contributed by atoms with Crippen molar-refractivity contribution in [3.8, 4) is 0 Å². The fourth-order valence-electron chi connectivity index (χ4n) is 1.39. The van der Waals surface area contributed by atoms with E-state index in [0.717, 1.165) is 16.3 Å². The number of hydrogen-bond acceptors (Lipinski definition) is 3. The number of benzene rings is 1. The maximum Gasteiger partial charge on any atom is 0.155 e. The largest absolute Gasteiger partial charge is 0.391 e. The van der Waals surface area contributed by atoms with Gasteiger partial charge in [0.05, 0.1) is 10.9 Å². The van der Waals surface area contributed by atoms with E-state index in [9.17, 15) is 13.5 Å². The van der Waals surface area contributed by atoms with Crippen LogP contribution in [0.15, 0.2) is 22.7 Å². The lowest BCUT2D eigenvalue weighted by Gasteiger charge is -2.28. The molecule has 0 amide bonds. The molecule has 0 bridgehead atoms. The molecular weight excluding hydrogens is 340 g/mol. The van der Waals surface area contributed by atoms with Crippen LogP contribution in [0.4, 0.5) is 0 Å². The highest BCUT2D eigenvalue weighted by molar-refractivity contribution is 9.10. The first-order chi connectivity index (χ1) is 8.05. The van der Waals surface area contributed by atoms with E-state index in [1.807, 2.05) is 0 Å². The maximum absolute atomic E-state index is 11.6. The van der Waals surface area contributed by atoms with E-state index >= 15 is 0 Å². The molecule has 1 rings (SSSR count). The second-order valence-electron chi connectivity index (χ2n) is 4.83. The van der Waals surface area contributed by atoms with Crippen molar-refractivity contribution in [2.24, 2.45) is 0 Å². The van der Waals surface area contributed by atoms with Crippen molar-refractivity contribution in [2.45, 2.75) is 31.1 Å². The summed E-state index contributed by atoms with van der Waals surface area (Å²) >= 11 is 9.34. The summed E-state index contributed by atoms with van der Waals surface area (Å²) in [6.07, 6.45) is 0.317. The van der Waals surface area contributed by atoms with Crippen LogP contribution < -0.4 is 0 Å². The van der Waals surface area contributed by atoms with E-state index in [2.05, 4.69) is 15.9 Å². The molecule has 0 saturated heterocycles. The predicted molar refractivity (Wildman–Crippen MR) is 77.8 cm³/mol. The number of sulfone groups is 1. The molecule has 1 unspecified atom stereocenters. The highest BCUT2D eigenvalue weighted by Gasteiger charge is 2.38. The van der Waals surface area contributed by atoms with Crippen molar-refractivity contribution in [3.63, 3.8) is 0 Å². The van der Waals surface area contributed by atoms with E-state index in [4.69, 9.17) is 11.6 Å². The molecule has 0 spiro atoms. The molecule has 0 aliphatic carbocycles. The van der Waals surface area contributed by atoms with Gasteiger partial charge in [-0.15, -0.1) is 0 Å². The SMILES string of the molecule is CC(C)(C(O)Cc1ccc(Br)cc1Cl)S(C)(=O)=O. The third-order valence-electron chi connectivity index (χ3n) is 3.19.